The zero-order valence-electron chi connectivity index (χ0n) is 11.8. The molecule has 1 saturated heterocycles. The van der Waals surface area contributed by atoms with Gasteiger partial charge in [0.2, 0.25) is 0 Å². The van der Waals surface area contributed by atoms with Gasteiger partial charge in [-0.2, -0.15) is 0 Å². The van der Waals surface area contributed by atoms with Crippen LogP contribution in [0.15, 0.2) is 17.2 Å². The third kappa shape index (κ3) is 4.21. The highest BCUT2D eigenvalue weighted by Crippen LogP contribution is 2.19. The van der Waals surface area contributed by atoms with E-state index in [-0.39, 0.29) is 16.9 Å². The summed E-state index contributed by atoms with van der Waals surface area (Å²) in [6, 6.07) is 1.30. The normalized spacial score (nSPS) is 18.9. The van der Waals surface area contributed by atoms with E-state index in [1.807, 2.05) is 6.92 Å². The molecule has 8 heteroatoms. The SMILES string of the molecule is CCn1cc(S(=O)(=O)Cl)cc1C(=O)NCCC1CCCO1. The Bertz CT molecular complexity index is 606. The lowest BCUT2D eigenvalue weighted by atomic mass is 10.2. The Kier molecular flexibility index (Phi) is 5.29. The molecule has 1 aliphatic heterocycles. The first-order valence-electron chi connectivity index (χ1n) is 6.96. The van der Waals surface area contributed by atoms with Crippen LogP contribution in [-0.2, 0) is 20.3 Å². The Hall–Kier alpha value is -1.05. The molecule has 0 saturated carbocycles. The molecule has 2 rings (SSSR count). The van der Waals surface area contributed by atoms with Gasteiger partial charge in [0.1, 0.15) is 10.6 Å². The van der Waals surface area contributed by atoms with E-state index in [0.717, 1.165) is 25.9 Å². The van der Waals surface area contributed by atoms with Crippen molar-refractivity contribution in [3.8, 4) is 0 Å². The van der Waals surface area contributed by atoms with Crippen LogP contribution in [-0.4, -0.2) is 38.1 Å². The molecule has 1 aromatic heterocycles. The topological polar surface area (TPSA) is 77.4 Å². The summed E-state index contributed by atoms with van der Waals surface area (Å²) in [6.07, 6.45) is 4.43. The Morgan fingerprint density at radius 2 is 2.33 bits per heavy atom. The van der Waals surface area contributed by atoms with Crippen LogP contribution in [0.5, 0.6) is 0 Å². The maximum Gasteiger partial charge on any atom is 0.267 e. The molecule has 2 heterocycles. The average molecular weight is 335 g/mol. The van der Waals surface area contributed by atoms with Crippen molar-refractivity contribution in [3.63, 3.8) is 0 Å². The molecule has 21 heavy (non-hydrogen) atoms. The summed E-state index contributed by atoms with van der Waals surface area (Å²) in [5, 5.41) is 2.79. The Morgan fingerprint density at radius 3 is 2.90 bits per heavy atom. The minimum atomic E-state index is -3.83. The van der Waals surface area contributed by atoms with Crippen LogP contribution in [0.25, 0.3) is 0 Å². The number of halogens is 1. The van der Waals surface area contributed by atoms with Crippen LogP contribution in [0.1, 0.15) is 36.7 Å². The summed E-state index contributed by atoms with van der Waals surface area (Å²) in [4.78, 5) is 12.1. The lowest BCUT2D eigenvalue weighted by molar-refractivity contribution is 0.0900. The first-order valence-corrected chi connectivity index (χ1v) is 9.27. The number of ether oxygens (including phenoxy) is 1. The van der Waals surface area contributed by atoms with Crippen molar-refractivity contribution in [1.82, 2.24) is 9.88 Å². The molecular formula is C13H19ClN2O4S. The molecule has 118 valence electrons. The smallest absolute Gasteiger partial charge is 0.267 e. The molecule has 1 amide bonds. The third-order valence-electron chi connectivity index (χ3n) is 3.50. The molecule has 0 radical (unpaired) electrons. The molecular weight excluding hydrogens is 316 g/mol. The lowest BCUT2D eigenvalue weighted by Crippen LogP contribution is -2.28. The van der Waals surface area contributed by atoms with E-state index in [1.54, 1.807) is 4.57 Å². The second-order valence-corrected chi connectivity index (χ2v) is 7.53. The average Bonchev–Trinajstić information content (AvgIpc) is 3.06. The molecule has 0 aliphatic carbocycles. The van der Waals surface area contributed by atoms with Gasteiger partial charge in [-0.05, 0) is 32.3 Å². The number of nitrogens with zero attached hydrogens (tertiary/aromatic N) is 1. The van der Waals surface area contributed by atoms with Crippen molar-refractivity contribution >= 4 is 25.6 Å². The highest BCUT2D eigenvalue weighted by atomic mass is 35.7. The number of aryl methyl sites for hydroxylation is 1. The van der Waals surface area contributed by atoms with E-state index in [4.69, 9.17) is 15.4 Å². The number of nitrogens with one attached hydrogen (secondary N) is 1. The number of amides is 1. The second-order valence-electron chi connectivity index (χ2n) is 4.96. The predicted octanol–water partition coefficient (Wildman–Crippen LogP) is 1.73. The number of hydrogen-bond acceptors (Lipinski definition) is 4. The Labute approximate surface area is 128 Å². The van der Waals surface area contributed by atoms with Gasteiger partial charge >= 0.3 is 0 Å². The standard InChI is InChI=1S/C13H19ClN2O4S/c1-2-16-9-11(21(14,18)19)8-12(16)13(17)15-6-5-10-4-3-7-20-10/h8-10H,2-7H2,1H3,(H,15,17). The van der Waals surface area contributed by atoms with E-state index in [2.05, 4.69) is 5.32 Å². The van der Waals surface area contributed by atoms with Gasteiger partial charge in [-0.25, -0.2) is 8.42 Å². The van der Waals surface area contributed by atoms with Crippen LogP contribution >= 0.6 is 10.7 Å². The van der Waals surface area contributed by atoms with E-state index in [0.29, 0.717) is 18.8 Å². The first-order chi connectivity index (χ1) is 9.91. The summed E-state index contributed by atoms with van der Waals surface area (Å²) < 4.78 is 29.7. The van der Waals surface area contributed by atoms with Gasteiger partial charge in [-0.3, -0.25) is 4.79 Å². The van der Waals surface area contributed by atoms with Gasteiger partial charge in [0.25, 0.3) is 15.0 Å². The zero-order chi connectivity index (χ0) is 15.5. The Balaban J connectivity index is 1.99. The second kappa shape index (κ2) is 6.81. The maximum absolute atomic E-state index is 12.1. The van der Waals surface area contributed by atoms with Gasteiger partial charge < -0.3 is 14.6 Å². The van der Waals surface area contributed by atoms with E-state index < -0.39 is 9.05 Å². The summed E-state index contributed by atoms with van der Waals surface area (Å²) in [5.41, 5.74) is 0.295. The highest BCUT2D eigenvalue weighted by molar-refractivity contribution is 8.13. The molecule has 1 unspecified atom stereocenters. The van der Waals surface area contributed by atoms with E-state index in [9.17, 15) is 13.2 Å². The number of aromatic nitrogens is 1. The molecule has 1 N–H and O–H groups in total. The largest absolute Gasteiger partial charge is 0.378 e. The van der Waals surface area contributed by atoms with Crippen LogP contribution in [0, 0.1) is 0 Å². The summed E-state index contributed by atoms with van der Waals surface area (Å²) in [5.74, 6) is -0.304. The minimum Gasteiger partial charge on any atom is -0.378 e. The van der Waals surface area contributed by atoms with Crippen molar-refractivity contribution < 1.29 is 17.9 Å². The molecule has 0 bridgehead atoms. The Morgan fingerprint density at radius 1 is 1.57 bits per heavy atom. The van der Waals surface area contributed by atoms with Crippen LogP contribution in [0.4, 0.5) is 0 Å². The number of carbonyl (C=O) groups excluding carboxylic acids is 1. The molecule has 0 spiro atoms. The van der Waals surface area contributed by atoms with Crippen molar-refractivity contribution in [2.24, 2.45) is 0 Å². The highest BCUT2D eigenvalue weighted by Gasteiger charge is 2.20. The minimum absolute atomic E-state index is 0.0599. The van der Waals surface area contributed by atoms with Crippen molar-refractivity contribution in [3.05, 3.63) is 18.0 Å². The molecule has 1 aliphatic rings. The van der Waals surface area contributed by atoms with Gasteiger partial charge in [-0.15, -0.1) is 0 Å². The summed E-state index contributed by atoms with van der Waals surface area (Å²) in [6.45, 7) is 3.60. The summed E-state index contributed by atoms with van der Waals surface area (Å²) in [7, 11) is 1.48. The fourth-order valence-electron chi connectivity index (χ4n) is 2.38. The zero-order valence-corrected chi connectivity index (χ0v) is 13.4. The van der Waals surface area contributed by atoms with Crippen LogP contribution in [0.2, 0.25) is 0 Å². The van der Waals surface area contributed by atoms with Gasteiger partial charge in [0.15, 0.2) is 0 Å². The lowest BCUT2D eigenvalue weighted by Gasteiger charge is -2.11. The number of rotatable bonds is 6. The van der Waals surface area contributed by atoms with Gasteiger partial charge in [0.05, 0.1) is 6.10 Å². The van der Waals surface area contributed by atoms with Crippen molar-refractivity contribution in [2.45, 2.75) is 43.7 Å². The van der Waals surface area contributed by atoms with Gasteiger partial charge in [-0.1, -0.05) is 0 Å². The van der Waals surface area contributed by atoms with Crippen molar-refractivity contribution in [2.75, 3.05) is 13.2 Å². The molecule has 0 aromatic carbocycles. The van der Waals surface area contributed by atoms with Gasteiger partial charge in [0, 0.05) is 36.6 Å². The van der Waals surface area contributed by atoms with E-state index >= 15 is 0 Å². The number of hydrogen-bond donors (Lipinski definition) is 1. The fraction of sp³-hybridized carbons (Fsp3) is 0.615. The van der Waals surface area contributed by atoms with Crippen LogP contribution in [0.3, 0.4) is 0 Å². The van der Waals surface area contributed by atoms with Crippen molar-refractivity contribution in [1.29, 1.82) is 0 Å². The van der Waals surface area contributed by atoms with E-state index in [1.165, 1.54) is 12.3 Å². The molecule has 1 atom stereocenters. The number of carbonyl (C=O) groups is 1. The molecule has 1 fully saturated rings. The predicted molar refractivity (Wildman–Crippen MR) is 79.1 cm³/mol. The fourth-order valence-corrected chi connectivity index (χ4v) is 3.14. The maximum atomic E-state index is 12.1. The quantitative estimate of drug-likeness (QED) is 0.804. The molecule has 6 nitrogen and oxygen atoms in total. The first kappa shape index (κ1) is 16.3. The third-order valence-corrected chi connectivity index (χ3v) is 4.82. The summed E-state index contributed by atoms with van der Waals surface area (Å²) >= 11 is 0. The molecule has 1 aromatic rings. The monoisotopic (exact) mass is 334 g/mol. The van der Waals surface area contributed by atoms with Crippen LogP contribution < -0.4 is 5.32 Å².